The second-order valence-electron chi connectivity index (χ2n) is 5.73. The molecule has 3 aromatic rings. The Morgan fingerprint density at radius 1 is 1.04 bits per heavy atom. The first-order valence-corrected chi connectivity index (χ1v) is 8.46. The maximum absolute atomic E-state index is 13.3. The summed E-state index contributed by atoms with van der Waals surface area (Å²) >= 11 is 6.00. The second-order valence-corrected chi connectivity index (χ2v) is 6.16. The van der Waals surface area contributed by atoms with Crippen LogP contribution in [0.15, 0.2) is 66.9 Å². The van der Waals surface area contributed by atoms with Crippen molar-refractivity contribution in [3.8, 4) is 11.5 Å². The highest BCUT2D eigenvalue weighted by atomic mass is 35.5. The van der Waals surface area contributed by atoms with Gasteiger partial charge in [-0.25, -0.2) is 0 Å². The fourth-order valence-corrected chi connectivity index (χ4v) is 2.93. The molecule has 2 aromatic carbocycles. The van der Waals surface area contributed by atoms with Crippen LogP contribution in [0.3, 0.4) is 0 Å². The van der Waals surface area contributed by atoms with Gasteiger partial charge in [0.1, 0.15) is 0 Å². The lowest BCUT2D eigenvalue weighted by atomic mass is 10.1. The van der Waals surface area contributed by atoms with E-state index in [9.17, 15) is 4.79 Å². The molecule has 0 aliphatic carbocycles. The molecule has 1 aliphatic heterocycles. The summed E-state index contributed by atoms with van der Waals surface area (Å²) in [7, 11) is 0. The first-order chi connectivity index (χ1) is 12.7. The lowest BCUT2D eigenvalue weighted by molar-refractivity contribution is 0.0980. The average Bonchev–Trinajstić information content (AvgIpc) is 3.16. The molecule has 0 unspecified atom stereocenters. The number of ether oxygens (including phenoxy) is 2. The van der Waals surface area contributed by atoms with E-state index in [0.29, 0.717) is 28.6 Å². The molecule has 6 heteroatoms. The number of carbonyl (C=O) groups excluding carboxylic acids is 1. The number of halogens is 1. The van der Waals surface area contributed by atoms with Crippen molar-refractivity contribution in [2.24, 2.45) is 0 Å². The molecular formula is C20H15ClN2O3. The Bertz CT molecular complexity index is 930. The molecule has 0 atom stereocenters. The van der Waals surface area contributed by atoms with Gasteiger partial charge in [-0.1, -0.05) is 23.7 Å². The molecule has 26 heavy (non-hydrogen) atoms. The van der Waals surface area contributed by atoms with Crippen LogP contribution in [0.2, 0.25) is 5.02 Å². The molecule has 1 aromatic heterocycles. The predicted molar refractivity (Wildman–Crippen MR) is 98.8 cm³/mol. The van der Waals surface area contributed by atoms with Gasteiger partial charge in [0.15, 0.2) is 11.5 Å². The number of carbonyl (C=O) groups is 1. The Hall–Kier alpha value is -3.05. The number of hydrogen-bond donors (Lipinski definition) is 0. The van der Waals surface area contributed by atoms with Gasteiger partial charge in [-0.3, -0.25) is 9.78 Å². The monoisotopic (exact) mass is 366 g/mol. The Balaban J connectivity index is 1.74. The summed E-state index contributed by atoms with van der Waals surface area (Å²) in [5.74, 6) is 0.850. The van der Waals surface area contributed by atoms with Gasteiger partial charge in [0.2, 0.25) is 6.79 Å². The van der Waals surface area contributed by atoms with Gasteiger partial charge in [-0.05, 0) is 48.5 Å². The highest BCUT2D eigenvalue weighted by molar-refractivity contribution is 6.30. The van der Waals surface area contributed by atoms with E-state index in [0.717, 1.165) is 11.4 Å². The van der Waals surface area contributed by atoms with E-state index in [1.54, 1.807) is 41.4 Å². The number of pyridine rings is 1. The van der Waals surface area contributed by atoms with E-state index in [1.165, 1.54) is 0 Å². The lowest BCUT2D eigenvalue weighted by Gasteiger charge is -2.23. The molecule has 4 rings (SSSR count). The smallest absolute Gasteiger partial charge is 0.262 e. The highest BCUT2D eigenvalue weighted by Crippen LogP contribution is 2.36. The Kier molecular flexibility index (Phi) is 4.46. The number of aromatic nitrogens is 1. The van der Waals surface area contributed by atoms with Crippen molar-refractivity contribution in [1.82, 2.24) is 4.98 Å². The molecule has 130 valence electrons. The first kappa shape index (κ1) is 16.4. The first-order valence-electron chi connectivity index (χ1n) is 8.08. The number of anilines is 1. The SMILES string of the molecule is O=C(c1cccc2c1OCO2)N(Cc1ccccn1)c1ccc(Cl)cc1. The van der Waals surface area contributed by atoms with Gasteiger partial charge >= 0.3 is 0 Å². The fraction of sp³-hybridized carbons (Fsp3) is 0.100. The van der Waals surface area contributed by atoms with E-state index < -0.39 is 0 Å². The van der Waals surface area contributed by atoms with Gasteiger partial charge in [0.25, 0.3) is 5.91 Å². The van der Waals surface area contributed by atoms with Crippen LogP contribution in [-0.4, -0.2) is 17.7 Å². The summed E-state index contributed by atoms with van der Waals surface area (Å²) in [5.41, 5.74) is 1.95. The van der Waals surface area contributed by atoms with Crippen LogP contribution in [-0.2, 0) is 6.54 Å². The summed E-state index contributed by atoms with van der Waals surface area (Å²) in [5, 5.41) is 0.608. The van der Waals surface area contributed by atoms with Crippen molar-refractivity contribution in [1.29, 1.82) is 0 Å². The number of amides is 1. The zero-order valence-corrected chi connectivity index (χ0v) is 14.5. The Morgan fingerprint density at radius 3 is 2.65 bits per heavy atom. The van der Waals surface area contributed by atoms with Crippen LogP contribution < -0.4 is 14.4 Å². The van der Waals surface area contributed by atoms with Gasteiger partial charge in [-0.2, -0.15) is 0 Å². The van der Waals surface area contributed by atoms with Crippen LogP contribution in [0.5, 0.6) is 11.5 Å². The summed E-state index contributed by atoms with van der Waals surface area (Å²) in [6, 6.07) is 18.0. The molecule has 0 spiro atoms. The normalized spacial score (nSPS) is 12.0. The summed E-state index contributed by atoms with van der Waals surface area (Å²) in [6.07, 6.45) is 1.71. The van der Waals surface area contributed by atoms with Crippen molar-refractivity contribution < 1.29 is 14.3 Å². The minimum atomic E-state index is -0.194. The zero-order valence-electron chi connectivity index (χ0n) is 13.8. The number of nitrogens with zero attached hydrogens (tertiary/aromatic N) is 2. The predicted octanol–water partition coefficient (Wildman–Crippen LogP) is 4.31. The van der Waals surface area contributed by atoms with E-state index in [-0.39, 0.29) is 12.7 Å². The maximum Gasteiger partial charge on any atom is 0.262 e. The molecule has 5 nitrogen and oxygen atoms in total. The van der Waals surface area contributed by atoms with Crippen LogP contribution in [0.1, 0.15) is 16.1 Å². The molecule has 0 saturated carbocycles. The molecule has 0 radical (unpaired) electrons. The molecule has 0 N–H and O–H groups in total. The summed E-state index contributed by atoms with van der Waals surface area (Å²) in [6.45, 7) is 0.437. The number of rotatable bonds is 4. The van der Waals surface area contributed by atoms with Gasteiger partial charge in [0, 0.05) is 16.9 Å². The third-order valence-electron chi connectivity index (χ3n) is 4.06. The van der Waals surface area contributed by atoms with E-state index in [1.807, 2.05) is 30.3 Å². The number of hydrogen-bond acceptors (Lipinski definition) is 4. The van der Waals surface area contributed by atoms with Gasteiger partial charge in [-0.15, -0.1) is 0 Å². The van der Waals surface area contributed by atoms with Crippen LogP contribution in [0.4, 0.5) is 5.69 Å². The minimum Gasteiger partial charge on any atom is -0.454 e. The molecule has 0 bridgehead atoms. The lowest BCUT2D eigenvalue weighted by Crippen LogP contribution is -2.31. The van der Waals surface area contributed by atoms with Crippen LogP contribution in [0.25, 0.3) is 0 Å². The third-order valence-corrected chi connectivity index (χ3v) is 4.31. The highest BCUT2D eigenvalue weighted by Gasteiger charge is 2.26. The Labute approximate surface area is 155 Å². The summed E-state index contributed by atoms with van der Waals surface area (Å²) < 4.78 is 10.9. The molecule has 2 heterocycles. The molecule has 0 fully saturated rings. The number of fused-ring (bicyclic) bond motifs is 1. The maximum atomic E-state index is 13.3. The largest absolute Gasteiger partial charge is 0.454 e. The van der Waals surface area contributed by atoms with Gasteiger partial charge in [0.05, 0.1) is 17.8 Å². The number of para-hydroxylation sites is 1. The van der Waals surface area contributed by atoms with Crippen LogP contribution in [0, 0.1) is 0 Å². The molecule has 1 aliphatic rings. The quantitative estimate of drug-likeness (QED) is 0.690. The van der Waals surface area contributed by atoms with Crippen LogP contribution >= 0.6 is 11.6 Å². The average molecular weight is 367 g/mol. The van der Waals surface area contributed by atoms with E-state index >= 15 is 0 Å². The topological polar surface area (TPSA) is 51.7 Å². The summed E-state index contributed by atoms with van der Waals surface area (Å²) in [4.78, 5) is 19.3. The van der Waals surface area contributed by atoms with E-state index in [2.05, 4.69) is 4.98 Å². The fourth-order valence-electron chi connectivity index (χ4n) is 2.80. The second kappa shape index (κ2) is 7.06. The third kappa shape index (κ3) is 3.21. The van der Waals surface area contributed by atoms with Gasteiger partial charge < -0.3 is 14.4 Å². The zero-order chi connectivity index (χ0) is 17.9. The van der Waals surface area contributed by atoms with Crippen molar-refractivity contribution in [3.05, 3.63) is 83.1 Å². The number of benzene rings is 2. The minimum absolute atomic E-state index is 0.112. The van der Waals surface area contributed by atoms with E-state index in [4.69, 9.17) is 21.1 Å². The van der Waals surface area contributed by atoms with Crippen molar-refractivity contribution >= 4 is 23.2 Å². The molecule has 1 amide bonds. The molecule has 0 saturated heterocycles. The van der Waals surface area contributed by atoms with Crippen molar-refractivity contribution in [2.45, 2.75) is 6.54 Å². The standard InChI is InChI=1S/C20H15ClN2O3/c21-14-7-9-16(10-8-14)23(12-15-4-1-2-11-22-15)20(24)17-5-3-6-18-19(17)26-13-25-18/h1-11H,12-13H2. The molecular weight excluding hydrogens is 352 g/mol. The van der Waals surface area contributed by atoms with Crippen molar-refractivity contribution in [3.63, 3.8) is 0 Å². The van der Waals surface area contributed by atoms with Crippen molar-refractivity contribution in [2.75, 3.05) is 11.7 Å². The Morgan fingerprint density at radius 2 is 1.88 bits per heavy atom.